The quantitative estimate of drug-likeness (QED) is 0.167. The summed E-state index contributed by atoms with van der Waals surface area (Å²) in [4.78, 5) is 0. The molecule has 0 saturated heterocycles. The predicted molar refractivity (Wildman–Crippen MR) is 205 cm³/mol. The van der Waals surface area contributed by atoms with E-state index >= 15 is 0 Å². The second kappa shape index (κ2) is 8.72. The van der Waals surface area contributed by atoms with E-state index in [1.54, 1.807) is 0 Å². The van der Waals surface area contributed by atoms with Gasteiger partial charge in [0.2, 0.25) is 0 Å². The molecule has 0 saturated carbocycles. The molecule has 2 aliphatic rings. The molecular formula is C45H29BN2O. The van der Waals surface area contributed by atoms with Gasteiger partial charge in [-0.3, -0.25) is 0 Å². The van der Waals surface area contributed by atoms with Crippen LogP contribution in [0.3, 0.4) is 0 Å². The smallest absolute Gasteiger partial charge is 0.332 e. The molecule has 228 valence electrons. The first-order valence-electron chi connectivity index (χ1n) is 17.2. The maximum Gasteiger partial charge on any atom is 0.332 e. The van der Waals surface area contributed by atoms with E-state index in [4.69, 9.17) is 4.42 Å². The van der Waals surface area contributed by atoms with Gasteiger partial charge in [-0.15, -0.1) is 0 Å². The van der Waals surface area contributed by atoms with Crippen molar-refractivity contribution in [2.45, 2.75) is 19.3 Å². The van der Waals surface area contributed by atoms with Crippen LogP contribution in [0.5, 0.6) is 0 Å². The average Bonchev–Trinajstić information content (AvgIpc) is 3.85. The summed E-state index contributed by atoms with van der Waals surface area (Å²) in [6.45, 7) is 4.78. The Balaban J connectivity index is 1.27. The van der Waals surface area contributed by atoms with Gasteiger partial charge in [0.15, 0.2) is 0 Å². The van der Waals surface area contributed by atoms with Crippen LogP contribution in [0.15, 0.2) is 144 Å². The van der Waals surface area contributed by atoms with Crippen molar-refractivity contribution in [1.82, 2.24) is 9.05 Å². The number of fused-ring (bicyclic) bond motifs is 16. The summed E-state index contributed by atoms with van der Waals surface area (Å²) in [5, 5.41) is 7.35. The second-order valence-corrected chi connectivity index (χ2v) is 14.4. The number of hydrogen-bond acceptors (Lipinski definition) is 1. The van der Waals surface area contributed by atoms with Crippen molar-refractivity contribution in [3.63, 3.8) is 0 Å². The number of rotatable bonds is 1. The summed E-state index contributed by atoms with van der Waals surface area (Å²) >= 11 is 0. The van der Waals surface area contributed by atoms with E-state index in [1.165, 1.54) is 82.5 Å². The molecule has 7 aromatic carbocycles. The summed E-state index contributed by atoms with van der Waals surface area (Å²) in [5.41, 5.74) is 16.1. The van der Waals surface area contributed by atoms with Crippen molar-refractivity contribution < 1.29 is 4.42 Å². The van der Waals surface area contributed by atoms with Crippen LogP contribution in [0.25, 0.3) is 82.4 Å². The van der Waals surface area contributed by atoms with Gasteiger partial charge in [0, 0.05) is 49.1 Å². The van der Waals surface area contributed by atoms with Gasteiger partial charge in [-0.05, 0) is 63.5 Å². The Labute approximate surface area is 282 Å². The third-order valence-electron chi connectivity index (χ3n) is 11.7. The van der Waals surface area contributed by atoms with E-state index in [2.05, 4.69) is 162 Å². The van der Waals surface area contributed by atoms with Gasteiger partial charge in [-0.1, -0.05) is 123 Å². The molecule has 3 nitrogen and oxygen atoms in total. The highest BCUT2D eigenvalue weighted by molar-refractivity contribution is 6.88. The number of furan rings is 1. The molecule has 3 aromatic heterocycles. The molecule has 1 aliphatic heterocycles. The van der Waals surface area contributed by atoms with E-state index in [9.17, 15) is 0 Å². The first-order valence-corrected chi connectivity index (χ1v) is 17.2. The highest BCUT2D eigenvalue weighted by Crippen LogP contribution is 2.52. The molecule has 0 atom stereocenters. The zero-order valence-electron chi connectivity index (χ0n) is 27.2. The monoisotopic (exact) mass is 624 g/mol. The number of benzene rings is 7. The lowest BCUT2D eigenvalue weighted by Gasteiger charge is -2.30. The van der Waals surface area contributed by atoms with Crippen LogP contribution < -0.4 is 10.9 Å². The minimum atomic E-state index is -0.153. The maximum absolute atomic E-state index is 6.68. The van der Waals surface area contributed by atoms with E-state index in [0.717, 1.165) is 21.9 Å². The molecule has 4 heteroatoms. The van der Waals surface area contributed by atoms with Crippen molar-refractivity contribution >= 4 is 83.3 Å². The molecule has 0 bridgehead atoms. The first kappa shape index (κ1) is 26.0. The summed E-state index contributed by atoms with van der Waals surface area (Å²) in [5.74, 6) is 0. The highest BCUT2D eigenvalue weighted by Gasteiger charge is 2.41. The molecule has 4 heterocycles. The minimum Gasteiger partial charge on any atom is -0.455 e. The predicted octanol–water partition coefficient (Wildman–Crippen LogP) is 10.1. The molecule has 49 heavy (non-hydrogen) atoms. The largest absolute Gasteiger partial charge is 0.455 e. The second-order valence-electron chi connectivity index (χ2n) is 14.4. The van der Waals surface area contributed by atoms with Crippen LogP contribution in [0, 0.1) is 0 Å². The van der Waals surface area contributed by atoms with Crippen molar-refractivity contribution in [2.24, 2.45) is 0 Å². The van der Waals surface area contributed by atoms with E-state index in [0.29, 0.717) is 0 Å². The van der Waals surface area contributed by atoms with Gasteiger partial charge in [0.05, 0.1) is 16.4 Å². The lowest BCUT2D eigenvalue weighted by Crippen LogP contribution is -2.53. The Kier molecular flexibility index (Phi) is 4.63. The standard InChI is InChI=1S/C45H29BN2O/c1-45(2)33-16-6-3-12-26(33)29-22-23-30-27-13-4-8-19-36(27)48(43(30)41(29)45)46-34-17-7-9-20-37(34)47-38-25-24-31-28-14-5-10-21-39(28)49-44(31)40(38)32-15-11-18-35(46)42(32)47/h3-25H,1-2H3. The number of hydrogen-bond donors (Lipinski definition) is 0. The zero-order chi connectivity index (χ0) is 32.2. The average molecular weight is 625 g/mol. The van der Waals surface area contributed by atoms with Crippen molar-refractivity contribution in [1.29, 1.82) is 0 Å². The topological polar surface area (TPSA) is 23.0 Å². The molecular weight excluding hydrogens is 595 g/mol. The molecule has 0 unspecified atom stereocenters. The van der Waals surface area contributed by atoms with E-state index in [-0.39, 0.29) is 12.3 Å². The molecule has 0 amide bonds. The van der Waals surface area contributed by atoms with Gasteiger partial charge in [-0.2, -0.15) is 0 Å². The SMILES string of the molecule is CC1(C)c2ccccc2-c2ccc3c4ccccc4n(B4c5ccccc5-n5c6ccc7c8ccccc8oc7c6c6cccc4c65)c3c21. The van der Waals surface area contributed by atoms with Gasteiger partial charge in [-0.25, -0.2) is 0 Å². The van der Waals surface area contributed by atoms with Crippen molar-refractivity contribution in [3.8, 4) is 16.8 Å². The van der Waals surface area contributed by atoms with Crippen LogP contribution in [-0.2, 0) is 5.41 Å². The molecule has 0 spiro atoms. The molecule has 0 radical (unpaired) electrons. The van der Waals surface area contributed by atoms with Crippen molar-refractivity contribution in [2.75, 3.05) is 0 Å². The van der Waals surface area contributed by atoms with Crippen molar-refractivity contribution in [3.05, 3.63) is 151 Å². The number of para-hydroxylation sites is 4. The fraction of sp³-hybridized carbons (Fsp3) is 0.0667. The Morgan fingerprint density at radius 3 is 2.20 bits per heavy atom. The molecule has 0 N–H and O–H groups in total. The zero-order valence-corrected chi connectivity index (χ0v) is 27.2. The van der Waals surface area contributed by atoms with E-state index in [1.807, 2.05) is 0 Å². The molecule has 1 aliphatic carbocycles. The van der Waals surface area contributed by atoms with Crippen LogP contribution in [0.2, 0.25) is 0 Å². The summed E-state index contributed by atoms with van der Waals surface area (Å²) in [6.07, 6.45) is 0. The molecule has 0 fully saturated rings. The fourth-order valence-electron chi connectivity index (χ4n) is 9.81. The van der Waals surface area contributed by atoms with Crippen LogP contribution >= 0.6 is 0 Å². The van der Waals surface area contributed by atoms with Crippen LogP contribution in [0.4, 0.5) is 0 Å². The first-order chi connectivity index (χ1) is 24.1. The Bertz CT molecular complexity index is 3100. The Morgan fingerprint density at radius 2 is 1.27 bits per heavy atom. The number of nitrogens with zero attached hydrogens (tertiary/aromatic N) is 2. The fourth-order valence-corrected chi connectivity index (χ4v) is 9.81. The Hall–Kier alpha value is -6.00. The van der Waals surface area contributed by atoms with E-state index < -0.39 is 0 Å². The summed E-state index contributed by atoms with van der Waals surface area (Å²) in [6, 6.07) is 51.6. The minimum absolute atomic E-state index is 0.0312. The van der Waals surface area contributed by atoms with Crippen LogP contribution in [0.1, 0.15) is 25.0 Å². The highest BCUT2D eigenvalue weighted by atomic mass is 16.3. The Morgan fingerprint density at radius 1 is 0.531 bits per heavy atom. The van der Waals surface area contributed by atoms with Gasteiger partial charge in [0.25, 0.3) is 0 Å². The number of aromatic nitrogens is 2. The molecule has 12 rings (SSSR count). The van der Waals surface area contributed by atoms with Gasteiger partial charge in [0.1, 0.15) is 11.2 Å². The maximum atomic E-state index is 6.68. The third-order valence-corrected chi connectivity index (χ3v) is 11.7. The summed E-state index contributed by atoms with van der Waals surface area (Å²) in [7, 11) is 0. The van der Waals surface area contributed by atoms with Crippen LogP contribution in [-0.4, -0.2) is 15.9 Å². The van der Waals surface area contributed by atoms with Gasteiger partial charge < -0.3 is 13.5 Å². The lowest BCUT2D eigenvalue weighted by molar-refractivity contribution is 0.664. The normalized spacial score (nSPS) is 14.4. The third kappa shape index (κ3) is 2.99. The lowest BCUT2D eigenvalue weighted by atomic mass is 9.48. The summed E-state index contributed by atoms with van der Waals surface area (Å²) < 4.78 is 11.9. The van der Waals surface area contributed by atoms with Gasteiger partial charge >= 0.3 is 6.85 Å². The molecule has 10 aromatic rings.